The lowest BCUT2D eigenvalue weighted by Gasteiger charge is -2.63. The van der Waals surface area contributed by atoms with Gasteiger partial charge in [-0.25, -0.2) is 14.4 Å². The van der Waals surface area contributed by atoms with Crippen molar-refractivity contribution < 1.29 is 93.0 Å². The van der Waals surface area contributed by atoms with Gasteiger partial charge in [0.1, 0.15) is 16.8 Å². The van der Waals surface area contributed by atoms with Crippen molar-refractivity contribution in [1.82, 2.24) is 0 Å². The molecule has 0 spiro atoms. The van der Waals surface area contributed by atoms with Crippen molar-refractivity contribution in [2.24, 2.45) is 5.92 Å². The second-order valence-electron chi connectivity index (χ2n) is 22.9. The average molecular weight is 1100 g/mol. The molecule has 4 aliphatic carbocycles. The van der Waals surface area contributed by atoms with Crippen LogP contribution in [-0.4, -0.2) is 130 Å². The molecule has 0 unspecified atom stereocenters. The van der Waals surface area contributed by atoms with Gasteiger partial charge in [0.25, 0.3) is 0 Å². The van der Waals surface area contributed by atoms with E-state index in [2.05, 4.69) is 63.1 Å². The first kappa shape index (κ1) is 63.7. The number of esters is 3. The van der Waals surface area contributed by atoms with Crippen LogP contribution >= 0.6 is 0 Å². The lowest BCUT2D eigenvalue weighted by molar-refractivity contribution is -0.883. The average Bonchev–Trinajstić information content (AvgIpc) is 3.12. The van der Waals surface area contributed by atoms with Crippen LogP contribution in [0.3, 0.4) is 0 Å². The molecule has 0 aliphatic heterocycles. The Hall–Kier alpha value is -0.270. The fourth-order valence-electron chi connectivity index (χ4n) is 11.6. The number of carbonyl (C=O) groups excluding carboxylic acids is 3. The van der Waals surface area contributed by atoms with Crippen molar-refractivity contribution in [2.75, 3.05) is 81.6 Å². The fraction of sp³-hybridized carbons (Fsp3) is 0.942. The summed E-state index contributed by atoms with van der Waals surface area (Å²) in [6.45, 7) is 10.5. The second kappa shape index (κ2) is 31.8. The monoisotopic (exact) mass is 1100 g/mol. The van der Waals surface area contributed by atoms with Gasteiger partial charge in [0.2, 0.25) is 0 Å². The maximum Gasteiger partial charge on any atom is 0.362 e. The number of rotatable bonds is 36. The van der Waals surface area contributed by atoms with E-state index < -0.39 is 16.8 Å². The van der Waals surface area contributed by atoms with E-state index in [1.54, 1.807) is 0 Å². The van der Waals surface area contributed by atoms with Crippen LogP contribution < -0.4 is 50.9 Å². The molecule has 4 rings (SSSR count). The predicted molar refractivity (Wildman–Crippen MR) is 251 cm³/mol. The third kappa shape index (κ3) is 24.8. The van der Waals surface area contributed by atoms with Crippen molar-refractivity contribution in [3.8, 4) is 0 Å². The van der Waals surface area contributed by atoms with Crippen molar-refractivity contribution in [1.29, 1.82) is 0 Å². The topological polar surface area (TPSA) is 78.9 Å². The molecule has 0 saturated heterocycles. The summed E-state index contributed by atoms with van der Waals surface area (Å²) in [7, 11) is 12.8. The minimum absolute atomic E-state index is 0. The Kier molecular flexibility index (Phi) is 31.6. The summed E-state index contributed by atoms with van der Waals surface area (Å²) in [6, 6.07) is 0. The third-order valence-electron chi connectivity index (χ3n) is 14.4. The molecule has 64 heavy (non-hydrogen) atoms. The maximum absolute atomic E-state index is 14.0. The molecule has 9 nitrogen and oxygen atoms in total. The number of likely N-dealkylation sites (N-methyl/N-ethyl adjacent to an activating group) is 3. The zero-order valence-electron chi connectivity index (χ0n) is 43.0. The van der Waals surface area contributed by atoms with Gasteiger partial charge in [-0.15, -0.1) is 0 Å². The van der Waals surface area contributed by atoms with E-state index in [1.165, 1.54) is 135 Å². The number of hydrogen-bond donors (Lipinski definition) is 0. The molecule has 4 bridgehead atoms. The van der Waals surface area contributed by atoms with Crippen LogP contribution in [0, 0.1) is 5.92 Å². The number of carbonyl (C=O) groups is 3. The van der Waals surface area contributed by atoms with Gasteiger partial charge >= 0.3 is 17.9 Å². The Labute approximate surface area is 426 Å². The Morgan fingerprint density at radius 3 is 0.797 bits per heavy atom. The van der Waals surface area contributed by atoms with Gasteiger partial charge in [0.05, 0.1) is 61.9 Å². The van der Waals surface area contributed by atoms with E-state index in [-0.39, 0.29) is 74.8 Å². The molecule has 4 saturated carbocycles. The van der Waals surface area contributed by atoms with Gasteiger partial charge in [0, 0.05) is 19.3 Å². The normalized spacial score (nSPS) is 22.5. The Balaban J connectivity index is 0.0000132. The van der Waals surface area contributed by atoms with E-state index in [1.807, 2.05) is 0 Å². The maximum atomic E-state index is 14.0. The SMILES string of the molecule is CCCCCCCCCC[N+](C)(C)CC(=O)OC12CC3CC(OC(=O)C[N+](C)(C)CCCCCCCCCC)(C1)CC(OC(=O)C[N+](C)(C)CCCCCCCCCC)(C3)C2.[Br-].[Br-].[Br-]. The molecule has 4 aliphatic rings. The largest absolute Gasteiger partial charge is 1.00 e. The van der Waals surface area contributed by atoms with Crippen LogP contribution in [0.25, 0.3) is 0 Å². The number of quaternary nitrogens is 3. The van der Waals surface area contributed by atoms with Crippen LogP contribution in [0.5, 0.6) is 0 Å². The molecule has 0 aromatic carbocycles. The third-order valence-corrected chi connectivity index (χ3v) is 14.4. The van der Waals surface area contributed by atoms with Crippen LogP contribution in [0.15, 0.2) is 0 Å². The van der Waals surface area contributed by atoms with Gasteiger partial charge in [-0.1, -0.05) is 136 Å². The Morgan fingerprint density at radius 1 is 0.375 bits per heavy atom. The summed E-state index contributed by atoms with van der Waals surface area (Å²) in [5.74, 6) is -0.425. The van der Waals surface area contributed by atoms with Gasteiger partial charge in [-0.05, 0) is 63.7 Å². The van der Waals surface area contributed by atoms with E-state index in [4.69, 9.17) is 14.2 Å². The van der Waals surface area contributed by atoms with E-state index in [9.17, 15) is 14.4 Å². The highest BCUT2D eigenvalue weighted by Crippen LogP contribution is 2.63. The summed E-state index contributed by atoms with van der Waals surface area (Å²) in [6.07, 6.45) is 34.0. The summed E-state index contributed by atoms with van der Waals surface area (Å²) in [5, 5.41) is 0. The number of halogens is 3. The minimum atomic E-state index is -0.807. The molecule has 0 atom stereocenters. The van der Waals surface area contributed by atoms with E-state index in [0.717, 1.165) is 58.2 Å². The number of unbranched alkanes of at least 4 members (excludes halogenated alkanes) is 21. The zero-order valence-corrected chi connectivity index (χ0v) is 47.7. The molecule has 0 aromatic heterocycles. The van der Waals surface area contributed by atoms with Crippen LogP contribution in [0.1, 0.15) is 213 Å². The summed E-state index contributed by atoms with van der Waals surface area (Å²) in [4.78, 5) is 41.9. The molecule has 0 N–H and O–H groups in total. The molecule has 0 radical (unpaired) electrons. The molecule has 12 heteroatoms. The molecule has 4 fully saturated rings. The Morgan fingerprint density at radius 2 is 0.578 bits per heavy atom. The summed E-state index contributed by atoms with van der Waals surface area (Å²) < 4.78 is 21.7. The zero-order chi connectivity index (χ0) is 44.9. The molecule has 0 amide bonds. The van der Waals surface area contributed by atoms with Crippen LogP contribution in [0.4, 0.5) is 0 Å². The smallest absolute Gasteiger partial charge is 0.362 e. The highest BCUT2D eigenvalue weighted by molar-refractivity contribution is 5.73. The number of nitrogens with zero attached hydrogens (tertiary/aromatic N) is 3. The van der Waals surface area contributed by atoms with Crippen molar-refractivity contribution >= 4 is 17.9 Å². The van der Waals surface area contributed by atoms with E-state index in [0.29, 0.717) is 52.3 Å². The molecule has 380 valence electrons. The van der Waals surface area contributed by atoms with Gasteiger partial charge in [-0.2, -0.15) is 0 Å². The van der Waals surface area contributed by atoms with Gasteiger partial charge in [-0.3, -0.25) is 0 Å². The molecular formula is C52H100Br3N3O6. The standard InChI is InChI=1S/C52H100N3O6.3BrH/c1-10-13-16-19-22-25-28-31-34-53(4,5)40-47(56)59-50-37-46-38-51(43-50,60-48(57)41-54(6,7)35-32-29-26-23-20-17-14-11-2)45-52(39-46,44-50)61-49(58)42-55(8,9)36-33-30-27-24-21-18-15-12-3;;;/h46H,10-45H2,1-9H3;3*1H/q+3;;;/p-3. The molecule has 0 heterocycles. The second-order valence-corrected chi connectivity index (χ2v) is 22.9. The van der Waals surface area contributed by atoms with Crippen LogP contribution in [0.2, 0.25) is 0 Å². The van der Waals surface area contributed by atoms with Crippen LogP contribution in [-0.2, 0) is 28.6 Å². The lowest BCUT2D eigenvalue weighted by atomic mass is 9.50. The lowest BCUT2D eigenvalue weighted by Crippen LogP contribution is -3.00. The first-order chi connectivity index (χ1) is 28.9. The minimum Gasteiger partial charge on any atom is -1.00 e. The number of hydrogen-bond acceptors (Lipinski definition) is 6. The molecule has 0 aromatic rings. The molecular weight excluding hydrogens is 1000 g/mol. The van der Waals surface area contributed by atoms with Gasteiger partial charge in [0.15, 0.2) is 19.6 Å². The quantitative estimate of drug-likeness (QED) is 0.0416. The fourth-order valence-corrected chi connectivity index (χ4v) is 11.6. The highest BCUT2D eigenvalue weighted by Gasteiger charge is 2.68. The summed E-state index contributed by atoms with van der Waals surface area (Å²) >= 11 is 0. The van der Waals surface area contributed by atoms with Crippen molar-refractivity contribution in [3.05, 3.63) is 0 Å². The van der Waals surface area contributed by atoms with Crippen molar-refractivity contribution in [2.45, 2.75) is 230 Å². The van der Waals surface area contributed by atoms with E-state index >= 15 is 0 Å². The predicted octanol–water partition coefficient (Wildman–Crippen LogP) is 2.49. The first-order valence-electron chi connectivity index (χ1n) is 26.0. The highest BCUT2D eigenvalue weighted by atomic mass is 79.9. The first-order valence-corrected chi connectivity index (χ1v) is 26.0. The summed E-state index contributed by atoms with van der Waals surface area (Å²) in [5.41, 5.74) is -2.42. The number of ether oxygens (including phenoxy) is 3. The van der Waals surface area contributed by atoms with Crippen molar-refractivity contribution in [3.63, 3.8) is 0 Å². The Bertz CT molecular complexity index is 1140. The van der Waals surface area contributed by atoms with Gasteiger partial charge < -0.3 is 78.6 Å².